The summed E-state index contributed by atoms with van der Waals surface area (Å²) in [6, 6.07) is 10.4. The Kier molecular flexibility index (Phi) is 4.52. The van der Waals surface area contributed by atoms with Crippen LogP contribution in [0.2, 0.25) is 0 Å². The van der Waals surface area contributed by atoms with Crippen molar-refractivity contribution in [1.29, 1.82) is 0 Å². The summed E-state index contributed by atoms with van der Waals surface area (Å²) >= 11 is 0. The van der Waals surface area contributed by atoms with E-state index in [1.54, 1.807) is 0 Å². The van der Waals surface area contributed by atoms with Gasteiger partial charge in [-0.25, -0.2) is 4.98 Å². The quantitative estimate of drug-likeness (QED) is 0.700. The van der Waals surface area contributed by atoms with Crippen molar-refractivity contribution < 1.29 is 4.52 Å². The molecule has 0 spiro atoms. The summed E-state index contributed by atoms with van der Waals surface area (Å²) in [6.45, 7) is 5.41. The fourth-order valence-electron chi connectivity index (χ4n) is 2.45. The number of rotatable bonds is 6. The predicted molar refractivity (Wildman–Crippen MR) is 86.7 cm³/mol. The Balaban J connectivity index is 1.69. The normalized spacial score (nSPS) is 12.7. The van der Waals surface area contributed by atoms with E-state index in [1.807, 2.05) is 32.4 Å². The lowest BCUT2D eigenvalue weighted by molar-refractivity contribution is 0.197. The summed E-state index contributed by atoms with van der Waals surface area (Å²) in [5.74, 6) is 2.30. The highest BCUT2D eigenvalue weighted by atomic mass is 16.5. The molecule has 1 atom stereocenters. The van der Waals surface area contributed by atoms with Crippen molar-refractivity contribution in [3.63, 3.8) is 0 Å². The largest absolute Gasteiger partial charge is 0.338 e. The van der Waals surface area contributed by atoms with Crippen LogP contribution in [0, 0.1) is 6.92 Å². The fourth-order valence-corrected chi connectivity index (χ4v) is 2.45. The highest BCUT2D eigenvalue weighted by Crippen LogP contribution is 2.18. The summed E-state index contributed by atoms with van der Waals surface area (Å²) < 4.78 is 7.43. The maximum Gasteiger partial charge on any atom is 0.243 e. The Morgan fingerprint density at radius 3 is 2.74 bits per heavy atom. The van der Waals surface area contributed by atoms with Crippen molar-refractivity contribution in [1.82, 2.24) is 24.6 Å². The van der Waals surface area contributed by atoms with E-state index in [0.29, 0.717) is 18.3 Å². The Bertz CT molecular complexity index is 749. The Hall–Kier alpha value is -2.47. The molecule has 6 nitrogen and oxygen atoms in total. The highest BCUT2D eigenvalue weighted by Gasteiger charge is 2.19. The zero-order valence-electron chi connectivity index (χ0n) is 13.7. The number of hydrogen-bond donors (Lipinski definition) is 0. The lowest BCUT2D eigenvalue weighted by Gasteiger charge is -2.21. The fraction of sp³-hybridized carbons (Fsp3) is 0.353. The first-order valence-corrected chi connectivity index (χ1v) is 7.68. The van der Waals surface area contributed by atoms with Gasteiger partial charge in [-0.3, -0.25) is 4.90 Å². The third-order valence-electron chi connectivity index (χ3n) is 3.95. The van der Waals surface area contributed by atoms with Gasteiger partial charge in [-0.15, -0.1) is 0 Å². The molecule has 0 aliphatic rings. The molecule has 6 heteroatoms. The van der Waals surface area contributed by atoms with Crippen LogP contribution in [0.25, 0.3) is 0 Å². The van der Waals surface area contributed by atoms with E-state index in [-0.39, 0.29) is 6.04 Å². The molecule has 0 fully saturated rings. The van der Waals surface area contributed by atoms with Crippen LogP contribution in [-0.4, -0.2) is 31.6 Å². The number of hydrogen-bond acceptors (Lipinski definition) is 5. The molecule has 23 heavy (non-hydrogen) atoms. The van der Waals surface area contributed by atoms with Gasteiger partial charge in [-0.05, 0) is 26.5 Å². The second-order valence-electron chi connectivity index (χ2n) is 5.73. The lowest BCUT2D eigenvalue weighted by atomic mass is 10.2. The minimum absolute atomic E-state index is 0.0399. The topological polar surface area (TPSA) is 60.0 Å². The number of aromatic nitrogens is 4. The van der Waals surface area contributed by atoms with Gasteiger partial charge in [0.1, 0.15) is 5.82 Å². The van der Waals surface area contributed by atoms with E-state index in [2.05, 4.69) is 55.8 Å². The molecular formula is C17H21N5O. The van der Waals surface area contributed by atoms with Crippen LogP contribution in [0.5, 0.6) is 0 Å². The third-order valence-corrected chi connectivity index (χ3v) is 3.95. The van der Waals surface area contributed by atoms with Crippen molar-refractivity contribution in [2.45, 2.75) is 33.0 Å². The van der Waals surface area contributed by atoms with Crippen LogP contribution in [0.3, 0.4) is 0 Å². The molecule has 3 rings (SSSR count). The first-order chi connectivity index (χ1) is 11.1. The lowest BCUT2D eigenvalue weighted by Crippen LogP contribution is -2.24. The van der Waals surface area contributed by atoms with Crippen molar-refractivity contribution in [3.8, 4) is 0 Å². The molecule has 0 aliphatic carbocycles. The predicted octanol–water partition coefficient (Wildman–Crippen LogP) is 2.82. The van der Waals surface area contributed by atoms with Gasteiger partial charge in [-0.2, -0.15) is 4.98 Å². The zero-order valence-corrected chi connectivity index (χ0v) is 13.7. The monoisotopic (exact) mass is 311 g/mol. The van der Waals surface area contributed by atoms with Crippen LogP contribution in [0.4, 0.5) is 0 Å². The summed E-state index contributed by atoms with van der Waals surface area (Å²) in [5.41, 5.74) is 1.26. The van der Waals surface area contributed by atoms with Gasteiger partial charge in [0.2, 0.25) is 5.89 Å². The zero-order chi connectivity index (χ0) is 16.2. The van der Waals surface area contributed by atoms with E-state index in [1.165, 1.54) is 5.56 Å². The van der Waals surface area contributed by atoms with Crippen molar-refractivity contribution in [3.05, 3.63) is 65.8 Å². The van der Waals surface area contributed by atoms with Crippen LogP contribution in [0.1, 0.15) is 36.1 Å². The van der Waals surface area contributed by atoms with E-state index in [4.69, 9.17) is 4.52 Å². The summed E-state index contributed by atoms with van der Waals surface area (Å²) in [4.78, 5) is 10.9. The molecule has 0 N–H and O–H groups in total. The molecule has 0 amide bonds. The molecule has 120 valence electrons. The van der Waals surface area contributed by atoms with Gasteiger partial charge in [0.05, 0.1) is 12.6 Å². The maximum absolute atomic E-state index is 5.26. The van der Waals surface area contributed by atoms with Crippen LogP contribution < -0.4 is 0 Å². The Labute approximate surface area is 135 Å². The molecule has 0 aliphatic heterocycles. The van der Waals surface area contributed by atoms with Gasteiger partial charge in [0, 0.05) is 18.9 Å². The van der Waals surface area contributed by atoms with E-state index >= 15 is 0 Å². The van der Waals surface area contributed by atoms with Crippen molar-refractivity contribution in [2.75, 3.05) is 7.05 Å². The van der Waals surface area contributed by atoms with Gasteiger partial charge < -0.3 is 9.09 Å². The molecule has 0 saturated heterocycles. The standard InChI is InChI=1S/C17H21N5O/c1-13(17-19-14(2)20-23-17)21(3)12-16-18-9-10-22(16)11-15-7-5-4-6-8-15/h4-10,13H,11-12H2,1-3H3/t13-/m1/s1. The second kappa shape index (κ2) is 6.75. The summed E-state index contributed by atoms with van der Waals surface area (Å²) in [5, 5.41) is 3.86. The third kappa shape index (κ3) is 3.65. The molecule has 0 unspecified atom stereocenters. The molecule has 2 heterocycles. The Morgan fingerprint density at radius 1 is 1.26 bits per heavy atom. The van der Waals surface area contributed by atoms with Gasteiger partial charge in [0.15, 0.2) is 5.82 Å². The summed E-state index contributed by atoms with van der Waals surface area (Å²) in [6.07, 6.45) is 3.85. The van der Waals surface area contributed by atoms with Crippen LogP contribution in [-0.2, 0) is 13.1 Å². The van der Waals surface area contributed by atoms with Crippen molar-refractivity contribution >= 4 is 0 Å². The second-order valence-corrected chi connectivity index (χ2v) is 5.73. The van der Waals surface area contributed by atoms with E-state index in [9.17, 15) is 0 Å². The minimum Gasteiger partial charge on any atom is -0.338 e. The molecule has 1 aromatic carbocycles. The van der Waals surface area contributed by atoms with Gasteiger partial charge in [0.25, 0.3) is 0 Å². The molecule has 0 radical (unpaired) electrons. The smallest absolute Gasteiger partial charge is 0.243 e. The Morgan fingerprint density at radius 2 is 2.04 bits per heavy atom. The minimum atomic E-state index is 0.0399. The SMILES string of the molecule is Cc1noc([C@@H](C)N(C)Cc2nccn2Cc2ccccc2)n1. The summed E-state index contributed by atoms with van der Waals surface area (Å²) in [7, 11) is 2.03. The van der Waals surface area contributed by atoms with Gasteiger partial charge in [-0.1, -0.05) is 35.5 Å². The van der Waals surface area contributed by atoms with Crippen molar-refractivity contribution in [2.24, 2.45) is 0 Å². The van der Waals surface area contributed by atoms with Crippen LogP contribution in [0.15, 0.2) is 47.2 Å². The molecular weight excluding hydrogens is 290 g/mol. The number of aryl methyl sites for hydroxylation is 1. The molecule has 3 aromatic rings. The highest BCUT2D eigenvalue weighted by molar-refractivity contribution is 5.15. The average molecular weight is 311 g/mol. The molecule has 2 aromatic heterocycles. The van der Waals surface area contributed by atoms with Gasteiger partial charge >= 0.3 is 0 Å². The first-order valence-electron chi connectivity index (χ1n) is 7.68. The van der Waals surface area contributed by atoms with Crippen LogP contribution >= 0.6 is 0 Å². The number of benzene rings is 1. The average Bonchev–Trinajstić information content (AvgIpc) is 3.17. The maximum atomic E-state index is 5.26. The van der Waals surface area contributed by atoms with E-state index in [0.717, 1.165) is 12.4 Å². The number of imidazole rings is 1. The molecule has 0 saturated carbocycles. The molecule has 0 bridgehead atoms. The number of nitrogens with zero attached hydrogens (tertiary/aromatic N) is 5. The first kappa shape index (κ1) is 15.4. The van der Waals surface area contributed by atoms with E-state index < -0.39 is 0 Å².